The van der Waals surface area contributed by atoms with Crippen molar-refractivity contribution in [1.29, 1.82) is 0 Å². The van der Waals surface area contributed by atoms with Gasteiger partial charge in [0.25, 0.3) is 0 Å². The fourth-order valence-corrected chi connectivity index (χ4v) is 2.94. The molecule has 8 heteroatoms. The number of nitrogens with zero attached hydrogens (tertiary/aromatic N) is 4. The summed E-state index contributed by atoms with van der Waals surface area (Å²) in [6.45, 7) is 6.79. The van der Waals surface area contributed by atoms with E-state index in [1.54, 1.807) is 4.90 Å². The smallest absolute Gasteiger partial charge is 0.246 e. The van der Waals surface area contributed by atoms with Crippen LogP contribution in [0.1, 0.15) is 18.5 Å². The number of likely N-dealkylation sites (tertiary alicyclic amines) is 1. The lowest BCUT2D eigenvalue weighted by molar-refractivity contribution is -0.127. The van der Waals surface area contributed by atoms with Crippen molar-refractivity contribution in [1.82, 2.24) is 25.1 Å². The zero-order valence-electron chi connectivity index (χ0n) is 12.3. The molecule has 1 saturated heterocycles. The quantitative estimate of drug-likeness (QED) is 0.666. The molecule has 1 fully saturated rings. The number of aryl methyl sites for hydroxylation is 1. The number of amides is 1. The average molecular weight is 321 g/mol. The summed E-state index contributed by atoms with van der Waals surface area (Å²) in [5.74, 6) is 1.21. The summed E-state index contributed by atoms with van der Waals surface area (Å²) in [4.78, 5) is 20.8. The molecule has 1 unspecified atom stereocenters. The minimum Gasteiger partial charge on any atom is -0.365 e. The number of piperidine rings is 1. The Morgan fingerprint density at radius 3 is 3.14 bits per heavy atom. The fraction of sp³-hybridized carbons (Fsp3) is 0.429. The molecule has 116 valence electrons. The number of hydrogen-bond acceptors (Lipinski definition) is 5. The molecule has 3 aliphatic heterocycles. The molecule has 3 rings (SSSR count). The van der Waals surface area contributed by atoms with Crippen LogP contribution in [-0.2, 0) is 4.79 Å². The van der Waals surface area contributed by atoms with E-state index in [9.17, 15) is 4.79 Å². The van der Waals surface area contributed by atoms with Gasteiger partial charge >= 0.3 is 0 Å². The van der Waals surface area contributed by atoms with Crippen molar-refractivity contribution in [2.75, 3.05) is 18.4 Å². The van der Waals surface area contributed by atoms with Crippen LogP contribution >= 0.6 is 11.6 Å². The third-order valence-corrected chi connectivity index (χ3v) is 3.99. The van der Waals surface area contributed by atoms with Crippen LogP contribution in [0.2, 0.25) is 5.28 Å². The van der Waals surface area contributed by atoms with Gasteiger partial charge in [0.2, 0.25) is 11.2 Å². The molecule has 0 bridgehead atoms. The van der Waals surface area contributed by atoms with E-state index < -0.39 is 0 Å². The summed E-state index contributed by atoms with van der Waals surface area (Å²) in [6.07, 6.45) is 3.24. The highest BCUT2D eigenvalue weighted by Gasteiger charge is 2.25. The molecule has 0 aliphatic carbocycles. The van der Waals surface area contributed by atoms with Gasteiger partial charge in [-0.15, -0.1) is 5.10 Å². The highest BCUT2D eigenvalue weighted by molar-refractivity contribution is 6.28. The van der Waals surface area contributed by atoms with Gasteiger partial charge in [0.1, 0.15) is 5.82 Å². The van der Waals surface area contributed by atoms with E-state index in [1.165, 1.54) is 6.08 Å². The third-order valence-electron chi connectivity index (χ3n) is 3.82. The first-order valence-corrected chi connectivity index (χ1v) is 7.52. The first-order valence-electron chi connectivity index (χ1n) is 7.15. The van der Waals surface area contributed by atoms with E-state index in [0.29, 0.717) is 18.2 Å². The summed E-state index contributed by atoms with van der Waals surface area (Å²) in [5.41, 5.74) is 1.62. The minimum atomic E-state index is -0.0446. The van der Waals surface area contributed by atoms with Crippen LogP contribution in [0.15, 0.2) is 12.7 Å². The van der Waals surface area contributed by atoms with Gasteiger partial charge < -0.3 is 15.2 Å². The Kier molecular flexibility index (Phi) is 3.98. The van der Waals surface area contributed by atoms with Crippen LogP contribution in [0.4, 0.5) is 5.82 Å². The number of hydrogen-bond donors (Lipinski definition) is 2. The summed E-state index contributed by atoms with van der Waals surface area (Å²) < 4.78 is 0. The lowest BCUT2D eigenvalue weighted by atomic mass is 10.0. The van der Waals surface area contributed by atoms with E-state index in [2.05, 4.69) is 32.1 Å². The highest BCUT2D eigenvalue weighted by Crippen LogP contribution is 2.30. The second-order valence-electron chi connectivity index (χ2n) is 5.36. The number of fused-ring (bicyclic) bond motifs is 1. The molecule has 7 nitrogen and oxygen atoms in total. The number of carbonyl (C=O) groups excluding carboxylic acids is 1. The lowest BCUT2D eigenvalue weighted by Crippen LogP contribution is -2.44. The molecule has 1 amide bonds. The number of aromatic nitrogens is 4. The summed E-state index contributed by atoms with van der Waals surface area (Å²) in [7, 11) is 0. The van der Waals surface area contributed by atoms with E-state index in [-0.39, 0.29) is 17.2 Å². The summed E-state index contributed by atoms with van der Waals surface area (Å²) >= 11 is 6.00. The second-order valence-corrected chi connectivity index (χ2v) is 5.72. The van der Waals surface area contributed by atoms with Gasteiger partial charge in [-0.05, 0) is 37.4 Å². The number of H-pyrrole nitrogens is 1. The summed E-state index contributed by atoms with van der Waals surface area (Å²) in [5, 5.41) is 11.7. The molecule has 0 saturated carbocycles. The van der Waals surface area contributed by atoms with Gasteiger partial charge in [-0.2, -0.15) is 5.10 Å². The molecule has 3 aliphatic rings. The third kappa shape index (κ3) is 2.76. The van der Waals surface area contributed by atoms with Crippen molar-refractivity contribution < 1.29 is 4.79 Å². The topological polar surface area (TPSA) is 86.8 Å². The Balaban J connectivity index is 1.82. The maximum Gasteiger partial charge on any atom is 0.246 e. The SMILES string of the molecule is C=CC(=O)N1CCCC(Nc2nc(Cl)[nH]c3nnc(C)c2-3)C1. The molecular weight excluding hydrogens is 304 g/mol. The van der Waals surface area contributed by atoms with Gasteiger partial charge in [-0.1, -0.05) is 6.58 Å². The van der Waals surface area contributed by atoms with Crippen molar-refractivity contribution in [2.45, 2.75) is 25.8 Å². The molecule has 0 radical (unpaired) electrons. The molecule has 3 heterocycles. The van der Waals surface area contributed by atoms with Gasteiger partial charge in [-0.25, -0.2) is 4.98 Å². The predicted octanol–water partition coefficient (Wildman–Crippen LogP) is 1.86. The standard InChI is InChI=1S/C14H17ClN6O/c1-3-10(22)21-6-4-5-9(7-21)16-12-11-8(2)19-20-13(11)18-14(15)17-12/h3,9H,1,4-7H2,2H3,(H2,16,17,18,19,20). The van der Waals surface area contributed by atoms with Crippen LogP contribution in [0.3, 0.4) is 0 Å². The van der Waals surface area contributed by atoms with Crippen LogP contribution < -0.4 is 5.32 Å². The van der Waals surface area contributed by atoms with Crippen LogP contribution in [0, 0.1) is 6.92 Å². The molecular formula is C14H17ClN6O. The number of rotatable bonds is 3. The molecule has 0 aromatic carbocycles. The van der Waals surface area contributed by atoms with Gasteiger partial charge in [-0.3, -0.25) is 4.79 Å². The van der Waals surface area contributed by atoms with Crippen LogP contribution in [-0.4, -0.2) is 50.1 Å². The Morgan fingerprint density at radius 2 is 2.36 bits per heavy atom. The monoisotopic (exact) mass is 320 g/mol. The van der Waals surface area contributed by atoms with Crippen molar-refractivity contribution >= 4 is 23.3 Å². The zero-order chi connectivity index (χ0) is 15.7. The molecule has 2 N–H and O–H groups in total. The van der Waals surface area contributed by atoms with Gasteiger partial charge in [0.15, 0.2) is 5.82 Å². The second kappa shape index (κ2) is 5.92. The van der Waals surface area contributed by atoms with Crippen molar-refractivity contribution in [3.63, 3.8) is 0 Å². The molecule has 0 aromatic heterocycles. The highest BCUT2D eigenvalue weighted by atomic mass is 35.5. The van der Waals surface area contributed by atoms with E-state index in [0.717, 1.165) is 30.6 Å². The number of halogens is 1. The largest absolute Gasteiger partial charge is 0.365 e. The van der Waals surface area contributed by atoms with Crippen molar-refractivity contribution in [2.24, 2.45) is 0 Å². The number of anilines is 1. The Morgan fingerprint density at radius 1 is 1.55 bits per heavy atom. The van der Waals surface area contributed by atoms with Gasteiger partial charge in [0.05, 0.1) is 11.3 Å². The number of aromatic amines is 1. The minimum absolute atomic E-state index is 0.0446. The number of carbonyl (C=O) groups is 1. The Bertz CT molecular complexity index is 684. The van der Waals surface area contributed by atoms with Crippen LogP contribution in [0.5, 0.6) is 0 Å². The maximum absolute atomic E-state index is 11.8. The fourth-order valence-electron chi connectivity index (χ4n) is 2.77. The first-order chi connectivity index (χ1) is 10.6. The van der Waals surface area contributed by atoms with Gasteiger partial charge in [0, 0.05) is 19.1 Å². The number of nitrogens with one attached hydrogen (secondary N) is 2. The normalized spacial score (nSPS) is 18.5. The van der Waals surface area contributed by atoms with E-state index in [1.807, 2.05) is 6.92 Å². The van der Waals surface area contributed by atoms with E-state index in [4.69, 9.17) is 11.6 Å². The lowest BCUT2D eigenvalue weighted by Gasteiger charge is -2.33. The molecule has 0 spiro atoms. The van der Waals surface area contributed by atoms with Crippen molar-refractivity contribution in [3.05, 3.63) is 23.6 Å². The van der Waals surface area contributed by atoms with Crippen molar-refractivity contribution in [3.8, 4) is 11.4 Å². The van der Waals surface area contributed by atoms with E-state index >= 15 is 0 Å². The molecule has 22 heavy (non-hydrogen) atoms. The maximum atomic E-state index is 11.8. The Hall–Kier alpha value is -2.15. The zero-order valence-corrected chi connectivity index (χ0v) is 13.0. The molecule has 0 aromatic rings. The first kappa shape index (κ1) is 14.8. The van der Waals surface area contributed by atoms with Crippen LogP contribution in [0.25, 0.3) is 11.4 Å². The molecule has 1 atom stereocenters. The average Bonchev–Trinajstić information content (AvgIpc) is 2.88. The predicted molar refractivity (Wildman–Crippen MR) is 84.0 cm³/mol. The summed E-state index contributed by atoms with van der Waals surface area (Å²) in [6, 6.07) is 0.112. The Labute approximate surface area is 133 Å².